The molecule has 0 saturated carbocycles. The molecule has 3 heteroatoms. The number of nitrogens with one attached hydrogen (secondary N) is 1. The van der Waals surface area contributed by atoms with Crippen molar-refractivity contribution >= 4 is 11.8 Å². The van der Waals surface area contributed by atoms with Crippen LogP contribution in [0.2, 0.25) is 0 Å². The first-order chi connectivity index (χ1) is 7.79. The minimum atomic E-state index is 0.433. The fourth-order valence-electron chi connectivity index (χ4n) is 1.65. The van der Waals surface area contributed by atoms with Crippen LogP contribution in [0.25, 0.3) is 0 Å². The monoisotopic (exact) mass is 239 g/mol. The van der Waals surface area contributed by atoms with Gasteiger partial charge in [-0.2, -0.15) is 11.8 Å². The van der Waals surface area contributed by atoms with Crippen molar-refractivity contribution in [1.82, 2.24) is 5.32 Å². The molecule has 0 aliphatic heterocycles. The van der Waals surface area contributed by atoms with Gasteiger partial charge >= 0.3 is 0 Å². The molecule has 0 bridgehead atoms. The molecule has 1 atom stereocenters. The van der Waals surface area contributed by atoms with E-state index in [9.17, 15) is 0 Å². The Labute approximate surface area is 103 Å². The average molecular weight is 239 g/mol. The van der Waals surface area contributed by atoms with Gasteiger partial charge in [-0.05, 0) is 25.1 Å². The number of hydrogen-bond donors (Lipinski definition) is 1. The lowest BCUT2D eigenvalue weighted by Gasteiger charge is -2.18. The molecule has 90 valence electrons. The second-order valence-corrected chi connectivity index (χ2v) is 4.92. The second kappa shape index (κ2) is 7.71. The first kappa shape index (κ1) is 13.6. The zero-order valence-corrected chi connectivity index (χ0v) is 11.1. The van der Waals surface area contributed by atoms with E-state index in [1.807, 2.05) is 18.8 Å². The van der Waals surface area contributed by atoms with Crippen LogP contribution in [0.5, 0.6) is 0 Å². The van der Waals surface area contributed by atoms with Gasteiger partial charge in [0.25, 0.3) is 0 Å². The van der Waals surface area contributed by atoms with E-state index < -0.39 is 0 Å². The Hall–Kier alpha value is -0.510. The molecule has 16 heavy (non-hydrogen) atoms. The van der Waals surface area contributed by atoms with Crippen molar-refractivity contribution in [2.24, 2.45) is 0 Å². The maximum absolute atomic E-state index is 5.05. The van der Waals surface area contributed by atoms with Crippen molar-refractivity contribution in [3.8, 4) is 0 Å². The van der Waals surface area contributed by atoms with Gasteiger partial charge < -0.3 is 10.1 Å². The summed E-state index contributed by atoms with van der Waals surface area (Å²) in [6.45, 7) is 2.99. The van der Waals surface area contributed by atoms with Crippen LogP contribution < -0.4 is 5.32 Å². The molecular weight excluding hydrogens is 218 g/mol. The largest absolute Gasteiger partial charge is 0.384 e. The van der Waals surface area contributed by atoms with E-state index >= 15 is 0 Å². The highest BCUT2D eigenvalue weighted by Crippen LogP contribution is 2.21. The summed E-state index contributed by atoms with van der Waals surface area (Å²) in [5, 5.41) is 3.37. The zero-order valence-electron chi connectivity index (χ0n) is 10.3. The third-order valence-electron chi connectivity index (χ3n) is 2.63. The van der Waals surface area contributed by atoms with E-state index in [4.69, 9.17) is 4.74 Å². The minimum absolute atomic E-state index is 0.433. The van der Waals surface area contributed by atoms with Crippen molar-refractivity contribution in [2.45, 2.75) is 13.0 Å². The second-order valence-electron chi connectivity index (χ2n) is 3.77. The number of hydrogen-bond acceptors (Lipinski definition) is 3. The van der Waals surface area contributed by atoms with Crippen LogP contribution in [0.4, 0.5) is 0 Å². The van der Waals surface area contributed by atoms with Crippen LogP contribution in [-0.2, 0) is 4.74 Å². The van der Waals surface area contributed by atoms with Gasteiger partial charge in [0.15, 0.2) is 0 Å². The van der Waals surface area contributed by atoms with E-state index in [0.717, 1.165) is 18.1 Å². The third kappa shape index (κ3) is 4.16. The number of rotatable bonds is 7. The normalized spacial score (nSPS) is 12.7. The Morgan fingerprint density at radius 2 is 2.12 bits per heavy atom. The van der Waals surface area contributed by atoms with Crippen LogP contribution in [0.3, 0.4) is 0 Å². The van der Waals surface area contributed by atoms with Crippen molar-refractivity contribution in [2.75, 3.05) is 32.3 Å². The van der Waals surface area contributed by atoms with Crippen LogP contribution in [-0.4, -0.2) is 32.3 Å². The van der Waals surface area contributed by atoms with E-state index in [0.29, 0.717) is 6.04 Å². The summed E-state index contributed by atoms with van der Waals surface area (Å²) in [6, 6.07) is 8.99. The summed E-state index contributed by atoms with van der Waals surface area (Å²) in [5.74, 6) is 2.14. The molecular formula is C13H21NOS. The molecule has 1 N–H and O–H groups in total. The van der Waals surface area contributed by atoms with Crippen LogP contribution >= 0.6 is 11.8 Å². The first-order valence-electron chi connectivity index (χ1n) is 5.59. The molecule has 0 amide bonds. The van der Waals surface area contributed by atoms with E-state index in [1.165, 1.54) is 11.1 Å². The SMILES string of the molecule is CNC(CSCCOC)c1ccccc1C. The molecule has 0 aliphatic rings. The maximum atomic E-state index is 5.05. The highest BCUT2D eigenvalue weighted by atomic mass is 32.2. The zero-order chi connectivity index (χ0) is 11.8. The highest BCUT2D eigenvalue weighted by Gasteiger charge is 2.10. The van der Waals surface area contributed by atoms with Gasteiger partial charge in [-0.25, -0.2) is 0 Å². The lowest BCUT2D eigenvalue weighted by Crippen LogP contribution is -2.20. The molecule has 0 fully saturated rings. The van der Waals surface area contributed by atoms with Crippen LogP contribution in [0, 0.1) is 6.92 Å². The molecule has 1 aromatic carbocycles. The van der Waals surface area contributed by atoms with Crippen molar-refractivity contribution in [3.05, 3.63) is 35.4 Å². The molecule has 1 unspecified atom stereocenters. The fourth-order valence-corrected chi connectivity index (χ4v) is 2.68. The van der Waals surface area contributed by atoms with Gasteiger partial charge in [-0.1, -0.05) is 24.3 Å². The van der Waals surface area contributed by atoms with Gasteiger partial charge in [0, 0.05) is 24.7 Å². The molecule has 0 radical (unpaired) electrons. The Kier molecular flexibility index (Phi) is 6.53. The fraction of sp³-hybridized carbons (Fsp3) is 0.538. The Morgan fingerprint density at radius 1 is 1.38 bits per heavy atom. The Morgan fingerprint density at radius 3 is 2.75 bits per heavy atom. The summed E-state index contributed by atoms with van der Waals surface area (Å²) < 4.78 is 5.05. The maximum Gasteiger partial charge on any atom is 0.0552 e. The molecule has 1 rings (SSSR count). The summed E-state index contributed by atoms with van der Waals surface area (Å²) in [4.78, 5) is 0. The lowest BCUT2D eigenvalue weighted by atomic mass is 10.0. The third-order valence-corrected chi connectivity index (χ3v) is 3.65. The number of thioether (sulfide) groups is 1. The average Bonchev–Trinajstić information content (AvgIpc) is 2.31. The van der Waals surface area contributed by atoms with Gasteiger partial charge in [0.1, 0.15) is 0 Å². The number of aryl methyl sites for hydroxylation is 1. The molecule has 0 spiro atoms. The van der Waals surface area contributed by atoms with Crippen LogP contribution in [0.1, 0.15) is 17.2 Å². The predicted molar refractivity (Wildman–Crippen MR) is 72.2 cm³/mol. The predicted octanol–water partition coefficient (Wildman–Crippen LogP) is 2.64. The number of ether oxygens (including phenoxy) is 1. The topological polar surface area (TPSA) is 21.3 Å². The lowest BCUT2D eigenvalue weighted by molar-refractivity contribution is 0.218. The van der Waals surface area contributed by atoms with Crippen molar-refractivity contribution in [3.63, 3.8) is 0 Å². The van der Waals surface area contributed by atoms with Crippen molar-refractivity contribution < 1.29 is 4.74 Å². The molecule has 0 heterocycles. The molecule has 0 aromatic heterocycles. The van der Waals surface area contributed by atoms with E-state index in [2.05, 4.69) is 36.5 Å². The summed E-state index contributed by atoms with van der Waals surface area (Å²) >= 11 is 1.93. The van der Waals surface area contributed by atoms with E-state index in [-0.39, 0.29) is 0 Å². The Bertz CT molecular complexity index is 304. The summed E-state index contributed by atoms with van der Waals surface area (Å²) in [5.41, 5.74) is 2.75. The highest BCUT2D eigenvalue weighted by molar-refractivity contribution is 7.99. The van der Waals surface area contributed by atoms with Crippen molar-refractivity contribution in [1.29, 1.82) is 0 Å². The van der Waals surface area contributed by atoms with Crippen LogP contribution in [0.15, 0.2) is 24.3 Å². The summed E-state index contributed by atoms with van der Waals surface area (Å²) in [6.07, 6.45) is 0. The standard InChI is InChI=1S/C13H21NOS/c1-11-6-4-5-7-12(11)13(14-2)10-16-9-8-15-3/h4-7,13-14H,8-10H2,1-3H3. The Balaban J connectivity index is 2.51. The molecule has 0 saturated heterocycles. The quantitative estimate of drug-likeness (QED) is 0.739. The summed E-state index contributed by atoms with van der Waals surface area (Å²) in [7, 11) is 3.77. The number of benzene rings is 1. The van der Waals surface area contributed by atoms with Gasteiger partial charge in [0.05, 0.1) is 6.61 Å². The molecule has 2 nitrogen and oxygen atoms in total. The van der Waals surface area contributed by atoms with Gasteiger partial charge in [-0.3, -0.25) is 0 Å². The van der Waals surface area contributed by atoms with Gasteiger partial charge in [-0.15, -0.1) is 0 Å². The first-order valence-corrected chi connectivity index (χ1v) is 6.74. The number of methoxy groups -OCH3 is 1. The van der Waals surface area contributed by atoms with E-state index in [1.54, 1.807) is 7.11 Å². The minimum Gasteiger partial charge on any atom is -0.384 e. The van der Waals surface area contributed by atoms with Gasteiger partial charge in [0.2, 0.25) is 0 Å². The smallest absolute Gasteiger partial charge is 0.0552 e. The molecule has 1 aromatic rings. The molecule has 0 aliphatic carbocycles.